The highest BCUT2D eigenvalue weighted by Crippen LogP contribution is 2.18. The third kappa shape index (κ3) is 2.96. The van der Waals surface area contributed by atoms with Gasteiger partial charge in [0.15, 0.2) is 0 Å². The molecule has 0 bridgehead atoms. The summed E-state index contributed by atoms with van der Waals surface area (Å²) in [5.74, 6) is -0.266. The van der Waals surface area contributed by atoms with E-state index in [1.807, 2.05) is 0 Å². The first-order valence-corrected chi connectivity index (χ1v) is 5.19. The molecule has 1 heterocycles. The van der Waals surface area contributed by atoms with Crippen LogP contribution in [0.15, 0.2) is 0 Å². The molecule has 1 rings (SSSR count). The summed E-state index contributed by atoms with van der Waals surface area (Å²) in [5.41, 5.74) is 0. The van der Waals surface area contributed by atoms with Crippen molar-refractivity contribution in [2.24, 2.45) is 0 Å². The zero-order valence-corrected chi connectivity index (χ0v) is 8.49. The lowest BCUT2D eigenvalue weighted by Gasteiger charge is -2.25. The minimum absolute atomic E-state index is 0.0492. The Balaban J connectivity index is 2.49. The van der Waals surface area contributed by atoms with Gasteiger partial charge in [-0.15, -0.1) is 0 Å². The first-order chi connectivity index (χ1) is 6.11. The van der Waals surface area contributed by atoms with Gasteiger partial charge in [0, 0.05) is 18.7 Å². The third-order valence-corrected chi connectivity index (χ3v) is 3.06. The Morgan fingerprint density at radius 1 is 1.69 bits per heavy atom. The minimum Gasteiger partial charge on any atom is -0.481 e. The van der Waals surface area contributed by atoms with Gasteiger partial charge in [-0.1, -0.05) is 24.0 Å². The van der Waals surface area contributed by atoms with Crippen molar-refractivity contribution in [2.75, 3.05) is 12.3 Å². The maximum Gasteiger partial charge on any atom is 0.305 e. The minimum atomic E-state index is -0.911. The average Bonchev–Trinajstić information content (AvgIpc) is 2.03. The van der Waals surface area contributed by atoms with Crippen molar-refractivity contribution in [1.29, 1.82) is 0 Å². The van der Waals surface area contributed by atoms with Crippen LogP contribution in [0, 0.1) is 0 Å². The molecule has 13 heavy (non-hydrogen) atoms. The van der Waals surface area contributed by atoms with Crippen LogP contribution in [0.3, 0.4) is 0 Å². The normalized spacial score (nSPS) is 17.7. The Morgan fingerprint density at radius 3 is 2.92 bits per heavy atom. The lowest BCUT2D eigenvalue weighted by Crippen LogP contribution is -2.39. The van der Waals surface area contributed by atoms with Crippen LogP contribution in [0.4, 0.5) is 0 Å². The number of carbonyl (C=O) groups is 2. The average molecular weight is 219 g/mol. The largest absolute Gasteiger partial charge is 0.481 e. The number of carboxylic acids is 1. The lowest BCUT2D eigenvalue weighted by atomic mass is 10.3. The topological polar surface area (TPSA) is 57.6 Å². The molecule has 1 aliphatic rings. The standard InChI is InChI=1S/C7H9NO3S2/c9-5-2-4-13-7(12)8(5)3-1-6(10)11/h1-4H2,(H,10,11). The predicted molar refractivity (Wildman–Crippen MR) is 53.6 cm³/mol. The molecule has 0 saturated carbocycles. The first-order valence-electron chi connectivity index (χ1n) is 3.80. The number of aliphatic carboxylic acids is 1. The molecule has 1 amide bonds. The van der Waals surface area contributed by atoms with Gasteiger partial charge in [-0.05, 0) is 0 Å². The number of hydrogen-bond donors (Lipinski definition) is 1. The van der Waals surface area contributed by atoms with Crippen molar-refractivity contribution < 1.29 is 14.7 Å². The van der Waals surface area contributed by atoms with Crippen LogP contribution in [-0.2, 0) is 9.59 Å². The van der Waals surface area contributed by atoms with E-state index in [9.17, 15) is 9.59 Å². The second-order valence-electron chi connectivity index (χ2n) is 2.55. The zero-order chi connectivity index (χ0) is 9.84. The Kier molecular flexibility index (Phi) is 3.68. The fraction of sp³-hybridized carbons (Fsp3) is 0.571. The highest BCUT2D eigenvalue weighted by molar-refractivity contribution is 8.23. The Labute approximate surface area is 85.3 Å². The van der Waals surface area contributed by atoms with Crippen molar-refractivity contribution in [3.63, 3.8) is 0 Å². The molecule has 0 aromatic heterocycles. The van der Waals surface area contributed by atoms with E-state index in [-0.39, 0.29) is 18.9 Å². The SMILES string of the molecule is O=C(O)CCN1C(=O)CCSC1=S. The van der Waals surface area contributed by atoms with Gasteiger partial charge in [-0.25, -0.2) is 0 Å². The monoisotopic (exact) mass is 219 g/mol. The number of nitrogens with zero attached hydrogens (tertiary/aromatic N) is 1. The van der Waals surface area contributed by atoms with Crippen LogP contribution >= 0.6 is 24.0 Å². The summed E-state index contributed by atoms with van der Waals surface area (Å²) >= 11 is 6.36. The van der Waals surface area contributed by atoms with Gasteiger partial charge in [0.05, 0.1) is 6.42 Å². The third-order valence-electron chi connectivity index (χ3n) is 1.61. The zero-order valence-electron chi connectivity index (χ0n) is 6.86. The van der Waals surface area contributed by atoms with Gasteiger partial charge < -0.3 is 5.11 Å². The fourth-order valence-corrected chi connectivity index (χ4v) is 2.21. The Morgan fingerprint density at radius 2 is 2.38 bits per heavy atom. The van der Waals surface area contributed by atoms with Crippen LogP contribution in [0.1, 0.15) is 12.8 Å². The van der Waals surface area contributed by atoms with Gasteiger partial charge in [-0.2, -0.15) is 0 Å². The van der Waals surface area contributed by atoms with E-state index < -0.39 is 5.97 Å². The van der Waals surface area contributed by atoms with Crippen molar-refractivity contribution in [2.45, 2.75) is 12.8 Å². The molecule has 0 spiro atoms. The molecule has 0 radical (unpaired) electrons. The van der Waals surface area contributed by atoms with Crippen molar-refractivity contribution >= 4 is 40.2 Å². The number of rotatable bonds is 3. The summed E-state index contributed by atoms with van der Waals surface area (Å²) in [6, 6.07) is 0. The van der Waals surface area contributed by atoms with Crippen molar-refractivity contribution in [3.8, 4) is 0 Å². The molecule has 0 unspecified atom stereocenters. The molecule has 1 fully saturated rings. The summed E-state index contributed by atoms with van der Waals surface area (Å²) in [4.78, 5) is 22.9. The van der Waals surface area contributed by atoms with Crippen LogP contribution in [0.2, 0.25) is 0 Å². The number of amides is 1. The molecule has 1 N–H and O–H groups in total. The maximum absolute atomic E-state index is 11.2. The van der Waals surface area contributed by atoms with E-state index in [0.29, 0.717) is 16.5 Å². The smallest absolute Gasteiger partial charge is 0.305 e. The summed E-state index contributed by atoms with van der Waals surface area (Å²) in [7, 11) is 0. The highest BCUT2D eigenvalue weighted by Gasteiger charge is 2.23. The van der Waals surface area contributed by atoms with E-state index in [1.165, 1.54) is 16.7 Å². The quantitative estimate of drug-likeness (QED) is 0.708. The molecule has 1 aliphatic heterocycles. The molecule has 6 heteroatoms. The number of carboxylic acid groups (broad SMARTS) is 1. The van der Waals surface area contributed by atoms with Crippen molar-refractivity contribution in [3.05, 3.63) is 0 Å². The number of thiocarbonyl (C=S) groups is 1. The van der Waals surface area contributed by atoms with Gasteiger partial charge in [0.1, 0.15) is 4.32 Å². The number of thioether (sulfide) groups is 1. The molecule has 0 aromatic rings. The van der Waals surface area contributed by atoms with Gasteiger partial charge >= 0.3 is 5.97 Å². The second kappa shape index (κ2) is 4.57. The van der Waals surface area contributed by atoms with E-state index in [0.717, 1.165) is 0 Å². The van der Waals surface area contributed by atoms with Gasteiger partial charge in [0.25, 0.3) is 0 Å². The molecule has 0 atom stereocenters. The van der Waals surface area contributed by atoms with E-state index in [2.05, 4.69) is 0 Å². The molecule has 4 nitrogen and oxygen atoms in total. The van der Waals surface area contributed by atoms with Crippen LogP contribution in [0.25, 0.3) is 0 Å². The molecular weight excluding hydrogens is 210 g/mol. The second-order valence-corrected chi connectivity index (χ2v) is 4.28. The van der Waals surface area contributed by atoms with Crippen LogP contribution < -0.4 is 0 Å². The molecule has 1 saturated heterocycles. The van der Waals surface area contributed by atoms with E-state index >= 15 is 0 Å². The maximum atomic E-state index is 11.2. The summed E-state index contributed by atoms with van der Waals surface area (Å²) in [5, 5.41) is 8.43. The number of carbonyl (C=O) groups excluding carboxylic acids is 1. The summed E-state index contributed by atoms with van der Waals surface area (Å²) in [6.07, 6.45) is 0.400. The van der Waals surface area contributed by atoms with E-state index in [4.69, 9.17) is 17.3 Å². The molecular formula is C7H9NO3S2. The van der Waals surface area contributed by atoms with Gasteiger partial charge in [-0.3, -0.25) is 14.5 Å². The van der Waals surface area contributed by atoms with Crippen LogP contribution in [0.5, 0.6) is 0 Å². The highest BCUT2D eigenvalue weighted by atomic mass is 32.2. The predicted octanol–water partition coefficient (Wildman–Crippen LogP) is 0.711. The number of hydrogen-bond acceptors (Lipinski definition) is 4. The van der Waals surface area contributed by atoms with Gasteiger partial charge in [0.2, 0.25) is 5.91 Å². The fourth-order valence-electron chi connectivity index (χ4n) is 0.964. The van der Waals surface area contributed by atoms with E-state index in [1.54, 1.807) is 0 Å². The lowest BCUT2D eigenvalue weighted by molar-refractivity contribution is -0.137. The molecule has 0 aliphatic carbocycles. The molecule has 72 valence electrons. The summed E-state index contributed by atoms with van der Waals surface area (Å²) < 4.78 is 0.498. The summed E-state index contributed by atoms with van der Waals surface area (Å²) in [6.45, 7) is 0.194. The molecule has 0 aromatic carbocycles. The Bertz CT molecular complexity index is 238. The Hall–Kier alpha value is -0.620. The van der Waals surface area contributed by atoms with Crippen molar-refractivity contribution in [1.82, 2.24) is 4.90 Å². The van der Waals surface area contributed by atoms with Crippen LogP contribution in [-0.4, -0.2) is 38.5 Å². The first kappa shape index (κ1) is 10.5.